The first-order valence-corrected chi connectivity index (χ1v) is 7.84. The molecule has 3 nitrogen and oxygen atoms in total. The Hall–Kier alpha value is -1.26. The van der Waals surface area contributed by atoms with E-state index in [0.717, 1.165) is 16.9 Å². The molecule has 5 heteroatoms. The van der Waals surface area contributed by atoms with Crippen LogP contribution in [-0.2, 0) is 13.2 Å². The van der Waals surface area contributed by atoms with Crippen molar-refractivity contribution in [3.63, 3.8) is 0 Å². The van der Waals surface area contributed by atoms with Crippen LogP contribution in [0.3, 0.4) is 0 Å². The summed E-state index contributed by atoms with van der Waals surface area (Å²) in [7, 11) is 0. The predicted octanol–water partition coefficient (Wildman–Crippen LogP) is 4.04. The molecule has 0 bridgehead atoms. The van der Waals surface area contributed by atoms with E-state index in [1.54, 1.807) is 19.1 Å². The average molecular weight is 340 g/mol. The molecule has 0 aliphatic carbocycles. The zero-order valence-corrected chi connectivity index (χ0v) is 13.9. The third-order valence-corrected chi connectivity index (χ3v) is 3.80. The van der Waals surface area contributed by atoms with E-state index in [4.69, 9.17) is 27.9 Å². The fourth-order valence-electron chi connectivity index (χ4n) is 1.97. The molecule has 2 rings (SSSR count). The van der Waals surface area contributed by atoms with E-state index in [-0.39, 0.29) is 6.10 Å². The van der Waals surface area contributed by atoms with Gasteiger partial charge in [0.15, 0.2) is 0 Å². The Morgan fingerprint density at radius 2 is 1.91 bits per heavy atom. The molecule has 0 saturated heterocycles. The first-order valence-electron chi connectivity index (χ1n) is 7.09. The van der Waals surface area contributed by atoms with Crippen LogP contribution in [0.2, 0.25) is 10.0 Å². The van der Waals surface area contributed by atoms with Crippen LogP contribution in [-0.4, -0.2) is 17.8 Å². The molecule has 0 fully saturated rings. The van der Waals surface area contributed by atoms with Crippen LogP contribution >= 0.6 is 23.2 Å². The van der Waals surface area contributed by atoms with E-state index < -0.39 is 0 Å². The fourth-order valence-corrected chi connectivity index (χ4v) is 2.29. The molecule has 2 aromatic carbocycles. The quantitative estimate of drug-likeness (QED) is 0.799. The predicted molar refractivity (Wildman–Crippen MR) is 90.6 cm³/mol. The molecule has 2 aromatic rings. The Morgan fingerprint density at radius 1 is 1.09 bits per heavy atom. The molecule has 1 atom stereocenters. The van der Waals surface area contributed by atoms with Crippen LogP contribution in [0, 0.1) is 0 Å². The highest BCUT2D eigenvalue weighted by molar-refractivity contribution is 6.42. The van der Waals surface area contributed by atoms with E-state index in [1.807, 2.05) is 30.3 Å². The van der Waals surface area contributed by atoms with Crippen molar-refractivity contribution in [1.82, 2.24) is 5.32 Å². The van der Waals surface area contributed by atoms with Crippen molar-refractivity contribution in [2.45, 2.75) is 26.2 Å². The molecule has 0 radical (unpaired) electrons. The lowest BCUT2D eigenvalue weighted by Crippen LogP contribution is -2.23. The van der Waals surface area contributed by atoms with Gasteiger partial charge in [-0.2, -0.15) is 0 Å². The minimum Gasteiger partial charge on any atom is -0.489 e. The zero-order valence-electron chi connectivity index (χ0n) is 12.4. The van der Waals surface area contributed by atoms with Gasteiger partial charge in [-0.05, 0) is 42.3 Å². The summed E-state index contributed by atoms with van der Waals surface area (Å²) in [6.45, 7) is 3.44. The summed E-state index contributed by atoms with van der Waals surface area (Å²) in [5.74, 6) is 0.794. The number of aliphatic hydroxyl groups excluding tert-OH is 1. The summed E-state index contributed by atoms with van der Waals surface area (Å²) in [4.78, 5) is 0. The SMILES string of the molecule is CC(O)CNCc1cccc(OCc2ccc(Cl)c(Cl)c2)c1. The topological polar surface area (TPSA) is 41.5 Å². The van der Waals surface area contributed by atoms with Crippen molar-refractivity contribution < 1.29 is 9.84 Å². The summed E-state index contributed by atoms with van der Waals surface area (Å²) >= 11 is 11.9. The van der Waals surface area contributed by atoms with Crippen molar-refractivity contribution in [3.8, 4) is 5.75 Å². The van der Waals surface area contributed by atoms with Crippen molar-refractivity contribution in [1.29, 1.82) is 0 Å². The molecule has 0 saturated carbocycles. The van der Waals surface area contributed by atoms with Crippen LogP contribution in [0.25, 0.3) is 0 Å². The van der Waals surface area contributed by atoms with Gasteiger partial charge < -0.3 is 15.2 Å². The third-order valence-electron chi connectivity index (χ3n) is 3.06. The smallest absolute Gasteiger partial charge is 0.120 e. The number of hydrogen-bond acceptors (Lipinski definition) is 3. The van der Waals surface area contributed by atoms with Gasteiger partial charge in [-0.1, -0.05) is 41.4 Å². The van der Waals surface area contributed by atoms with Crippen LogP contribution in [0.4, 0.5) is 0 Å². The minimum absolute atomic E-state index is 0.353. The highest BCUT2D eigenvalue weighted by atomic mass is 35.5. The molecular weight excluding hydrogens is 321 g/mol. The highest BCUT2D eigenvalue weighted by Crippen LogP contribution is 2.23. The average Bonchev–Trinajstić information content (AvgIpc) is 2.49. The largest absolute Gasteiger partial charge is 0.489 e. The molecule has 1 unspecified atom stereocenters. The molecule has 0 aliphatic rings. The van der Waals surface area contributed by atoms with Gasteiger partial charge in [-0.3, -0.25) is 0 Å². The second-order valence-corrected chi connectivity index (χ2v) is 5.98. The Labute approximate surface area is 140 Å². The maximum atomic E-state index is 9.23. The number of rotatable bonds is 7. The number of aliphatic hydroxyl groups is 1. The lowest BCUT2D eigenvalue weighted by molar-refractivity contribution is 0.191. The van der Waals surface area contributed by atoms with Crippen LogP contribution in [0.1, 0.15) is 18.1 Å². The third kappa shape index (κ3) is 5.50. The maximum absolute atomic E-state index is 9.23. The first-order chi connectivity index (χ1) is 10.5. The molecular formula is C17H19Cl2NO2. The summed E-state index contributed by atoms with van der Waals surface area (Å²) < 4.78 is 5.78. The number of benzene rings is 2. The lowest BCUT2D eigenvalue weighted by Gasteiger charge is -2.10. The van der Waals surface area contributed by atoms with Crippen LogP contribution < -0.4 is 10.1 Å². The van der Waals surface area contributed by atoms with E-state index in [9.17, 15) is 5.11 Å². The van der Waals surface area contributed by atoms with Gasteiger partial charge in [0.25, 0.3) is 0 Å². The second kappa shape index (κ2) is 8.39. The van der Waals surface area contributed by atoms with Crippen LogP contribution in [0.15, 0.2) is 42.5 Å². The molecule has 0 heterocycles. The maximum Gasteiger partial charge on any atom is 0.120 e. The summed E-state index contributed by atoms with van der Waals surface area (Å²) in [6, 6.07) is 13.3. The number of halogens is 2. The normalized spacial score (nSPS) is 12.2. The van der Waals surface area contributed by atoms with E-state index in [0.29, 0.717) is 29.7 Å². The molecule has 2 N–H and O–H groups in total. The summed E-state index contributed by atoms with van der Waals surface area (Å²) in [5.41, 5.74) is 2.07. The molecule has 22 heavy (non-hydrogen) atoms. The molecule has 0 amide bonds. The van der Waals surface area contributed by atoms with Gasteiger partial charge in [-0.25, -0.2) is 0 Å². The number of nitrogens with one attached hydrogen (secondary N) is 1. The zero-order chi connectivity index (χ0) is 15.9. The molecule has 118 valence electrons. The highest BCUT2D eigenvalue weighted by Gasteiger charge is 2.02. The molecule has 0 aromatic heterocycles. The van der Waals surface area contributed by atoms with Gasteiger partial charge in [0.1, 0.15) is 12.4 Å². The molecule has 0 aliphatic heterocycles. The van der Waals surface area contributed by atoms with Gasteiger partial charge >= 0.3 is 0 Å². The summed E-state index contributed by atoms with van der Waals surface area (Å²) in [6.07, 6.45) is -0.353. The van der Waals surface area contributed by atoms with Crippen molar-refractivity contribution >= 4 is 23.2 Å². The van der Waals surface area contributed by atoms with Crippen LogP contribution in [0.5, 0.6) is 5.75 Å². The van der Waals surface area contributed by atoms with Crippen molar-refractivity contribution in [2.24, 2.45) is 0 Å². The van der Waals surface area contributed by atoms with Gasteiger partial charge in [0.2, 0.25) is 0 Å². The van der Waals surface area contributed by atoms with E-state index in [2.05, 4.69) is 5.32 Å². The number of hydrogen-bond donors (Lipinski definition) is 2. The fraction of sp³-hybridized carbons (Fsp3) is 0.294. The van der Waals surface area contributed by atoms with Gasteiger partial charge in [0, 0.05) is 13.1 Å². The second-order valence-electron chi connectivity index (χ2n) is 5.16. The van der Waals surface area contributed by atoms with E-state index in [1.165, 1.54) is 0 Å². The van der Waals surface area contributed by atoms with E-state index >= 15 is 0 Å². The Balaban J connectivity index is 1.91. The standard InChI is InChI=1S/C17H19Cl2NO2/c1-12(21)9-20-10-13-3-2-4-15(7-13)22-11-14-5-6-16(18)17(19)8-14/h2-8,12,20-21H,9-11H2,1H3. The Morgan fingerprint density at radius 3 is 2.64 bits per heavy atom. The van der Waals surface area contributed by atoms with Crippen molar-refractivity contribution in [3.05, 3.63) is 63.6 Å². The summed E-state index contributed by atoms with van der Waals surface area (Å²) in [5, 5.41) is 13.5. The molecule has 0 spiro atoms. The lowest BCUT2D eigenvalue weighted by atomic mass is 10.2. The number of ether oxygens (including phenoxy) is 1. The Kier molecular flexibility index (Phi) is 6.52. The monoisotopic (exact) mass is 339 g/mol. The van der Waals surface area contributed by atoms with Gasteiger partial charge in [-0.15, -0.1) is 0 Å². The minimum atomic E-state index is -0.353. The van der Waals surface area contributed by atoms with Crippen molar-refractivity contribution in [2.75, 3.05) is 6.54 Å². The first kappa shape index (κ1) is 17.1. The Bertz CT molecular complexity index is 617. The van der Waals surface area contributed by atoms with Gasteiger partial charge in [0.05, 0.1) is 16.1 Å².